The van der Waals surface area contributed by atoms with Crippen molar-refractivity contribution in [3.63, 3.8) is 0 Å². The maximum absolute atomic E-state index is 12.6. The summed E-state index contributed by atoms with van der Waals surface area (Å²) in [5.74, 6) is 0.0774. The van der Waals surface area contributed by atoms with Gasteiger partial charge in [0.1, 0.15) is 0 Å². The molecule has 8 nitrogen and oxygen atoms in total. The zero-order chi connectivity index (χ0) is 20.8. The van der Waals surface area contributed by atoms with Crippen LogP contribution in [0.15, 0.2) is 30.3 Å². The van der Waals surface area contributed by atoms with Crippen molar-refractivity contribution in [2.45, 2.75) is 38.6 Å². The van der Waals surface area contributed by atoms with E-state index in [2.05, 4.69) is 37.4 Å². The number of rotatable bonds is 3. The predicted molar refractivity (Wildman–Crippen MR) is 106 cm³/mol. The molecule has 2 aliphatic heterocycles. The molecule has 2 aliphatic rings. The van der Waals surface area contributed by atoms with Crippen molar-refractivity contribution in [2.75, 3.05) is 26.3 Å². The standard InChI is InChI=1S/C19H26N2O2.H2O4S/c1-3-19(4-2)14-15-7-5-6-8-16(15)17(20-19)13-18(22)21-9-11-23-12-10-21;1-5(2,3)4/h5-8,13,20H,3-4,9-12,14H2,1-2H3;(H2,1,2,3,4). The van der Waals surface area contributed by atoms with E-state index in [-0.39, 0.29) is 11.4 Å². The van der Waals surface area contributed by atoms with E-state index in [1.165, 1.54) is 5.56 Å². The normalized spacial score (nSPS) is 19.9. The Morgan fingerprint density at radius 3 is 2.36 bits per heavy atom. The van der Waals surface area contributed by atoms with E-state index in [0.717, 1.165) is 30.5 Å². The number of hydrogen-bond donors (Lipinski definition) is 3. The van der Waals surface area contributed by atoms with Crippen molar-refractivity contribution in [3.05, 3.63) is 41.5 Å². The van der Waals surface area contributed by atoms with Gasteiger partial charge in [0.2, 0.25) is 5.91 Å². The Labute approximate surface area is 166 Å². The number of amides is 1. The zero-order valence-corrected chi connectivity index (χ0v) is 17.0. The molecule has 1 aromatic rings. The Kier molecular flexibility index (Phi) is 7.59. The van der Waals surface area contributed by atoms with E-state index < -0.39 is 10.4 Å². The van der Waals surface area contributed by atoms with Crippen molar-refractivity contribution >= 4 is 22.0 Å². The van der Waals surface area contributed by atoms with Crippen LogP contribution in [0.1, 0.15) is 37.8 Å². The molecule has 1 aromatic carbocycles. The van der Waals surface area contributed by atoms with E-state index in [4.69, 9.17) is 22.3 Å². The van der Waals surface area contributed by atoms with Gasteiger partial charge in [-0.05, 0) is 24.8 Å². The van der Waals surface area contributed by atoms with Gasteiger partial charge in [-0.25, -0.2) is 0 Å². The lowest BCUT2D eigenvalue weighted by Crippen LogP contribution is -2.48. The average Bonchev–Trinajstić information content (AvgIpc) is 2.67. The number of hydrogen-bond acceptors (Lipinski definition) is 5. The lowest BCUT2D eigenvalue weighted by atomic mass is 9.79. The fraction of sp³-hybridized carbons (Fsp3) is 0.526. The predicted octanol–water partition coefficient (Wildman–Crippen LogP) is 1.94. The number of nitrogens with one attached hydrogen (secondary N) is 1. The molecule has 3 rings (SSSR count). The second-order valence-electron chi connectivity index (χ2n) is 6.89. The number of ether oxygens (including phenoxy) is 1. The Hall–Kier alpha value is -1.94. The molecule has 1 saturated heterocycles. The highest BCUT2D eigenvalue weighted by Gasteiger charge is 2.33. The van der Waals surface area contributed by atoms with Crippen LogP contribution in [0.25, 0.3) is 5.70 Å². The summed E-state index contributed by atoms with van der Waals surface area (Å²) in [6, 6.07) is 8.42. The second-order valence-corrected chi connectivity index (χ2v) is 7.79. The molecule has 1 amide bonds. The number of benzene rings is 1. The van der Waals surface area contributed by atoms with Gasteiger partial charge >= 0.3 is 10.4 Å². The smallest absolute Gasteiger partial charge is 0.379 e. The van der Waals surface area contributed by atoms with E-state index in [0.29, 0.717) is 26.3 Å². The largest absolute Gasteiger partial charge is 0.394 e. The molecule has 0 atom stereocenters. The molecule has 2 heterocycles. The highest BCUT2D eigenvalue weighted by molar-refractivity contribution is 7.79. The number of carbonyl (C=O) groups excluding carboxylic acids is 1. The molecule has 0 aliphatic carbocycles. The molecule has 9 heteroatoms. The van der Waals surface area contributed by atoms with E-state index >= 15 is 0 Å². The first-order valence-corrected chi connectivity index (χ1v) is 10.7. The summed E-state index contributed by atoms with van der Waals surface area (Å²) in [5.41, 5.74) is 3.50. The summed E-state index contributed by atoms with van der Waals surface area (Å²) in [7, 11) is -4.67. The minimum Gasteiger partial charge on any atom is -0.379 e. The van der Waals surface area contributed by atoms with Crippen LogP contribution in [-0.2, 0) is 26.4 Å². The zero-order valence-electron chi connectivity index (χ0n) is 16.2. The van der Waals surface area contributed by atoms with Crippen LogP contribution < -0.4 is 5.32 Å². The van der Waals surface area contributed by atoms with Crippen molar-refractivity contribution in [1.29, 1.82) is 0 Å². The van der Waals surface area contributed by atoms with Gasteiger partial charge in [-0.15, -0.1) is 0 Å². The van der Waals surface area contributed by atoms with Gasteiger partial charge in [-0.3, -0.25) is 13.9 Å². The highest BCUT2D eigenvalue weighted by Crippen LogP contribution is 2.33. The molecule has 1 fully saturated rings. The number of morpholine rings is 1. The third-order valence-electron chi connectivity index (χ3n) is 5.18. The van der Waals surface area contributed by atoms with Crippen molar-refractivity contribution < 1.29 is 27.1 Å². The van der Waals surface area contributed by atoms with Crippen molar-refractivity contribution in [1.82, 2.24) is 10.2 Å². The van der Waals surface area contributed by atoms with Gasteiger partial charge in [-0.2, -0.15) is 8.42 Å². The fourth-order valence-corrected chi connectivity index (χ4v) is 3.49. The van der Waals surface area contributed by atoms with Crippen LogP contribution in [-0.4, -0.2) is 60.2 Å². The molecule has 28 heavy (non-hydrogen) atoms. The maximum atomic E-state index is 12.6. The summed E-state index contributed by atoms with van der Waals surface area (Å²) in [5, 5.41) is 3.67. The molecule has 0 unspecified atom stereocenters. The van der Waals surface area contributed by atoms with Gasteiger partial charge < -0.3 is 15.0 Å². The summed E-state index contributed by atoms with van der Waals surface area (Å²) in [6.07, 6.45) is 4.88. The molecule has 0 spiro atoms. The van der Waals surface area contributed by atoms with Gasteiger partial charge in [0.05, 0.1) is 13.2 Å². The molecule has 0 aromatic heterocycles. The Morgan fingerprint density at radius 1 is 1.21 bits per heavy atom. The SMILES string of the molecule is CCC1(CC)Cc2ccccc2C(=CC(=O)N2CCOCC2)N1.O=S(=O)(O)O. The third kappa shape index (κ3) is 6.30. The number of nitrogens with zero attached hydrogens (tertiary/aromatic N) is 1. The van der Waals surface area contributed by atoms with E-state index in [1.807, 2.05) is 11.0 Å². The first kappa shape index (κ1) is 22.4. The summed E-state index contributed by atoms with van der Waals surface area (Å²) in [4.78, 5) is 14.5. The van der Waals surface area contributed by atoms with E-state index in [9.17, 15) is 4.79 Å². The minimum absolute atomic E-state index is 0.0471. The van der Waals surface area contributed by atoms with Crippen LogP contribution in [0, 0.1) is 0 Å². The van der Waals surface area contributed by atoms with E-state index in [1.54, 1.807) is 6.08 Å². The third-order valence-corrected chi connectivity index (χ3v) is 5.18. The van der Waals surface area contributed by atoms with Gasteiger partial charge in [-0.1, -0.05) is 38.1 Å². The lowest BCUT2D eigenvalue weighted by molar-refractivity contribution is -0.129. The average molecular weight is 413 g/mol. The molecular formula is C19H28N2O6S. The molecule has 0 radical (unpaired) electrons. The van der Waals surface area contributed by atoms with Gasteiger partial charge in [0, 0.05) is 36.0 Å². The fourth-order valence-electron chi connectivity index (χ4n) is 3.49. The summed E-state index contributed by atoms with van der Waals surface area (Å²) < 4.78 is 36.9. The highest BCUT2D eigenvalue weighted by atomic mass is 32.3. The Bertz CT molecular complexity index is 803. The number of fused-ring (bicyclic) bond motifs is 1. The summed E-state index contributed by atoms with van der Waals surface area (Å²) >= 11 is 0. The maximum Gasteiger partial charge on any atom is 0.394 e. The number of carbonyl (C=O) groups is 1. The first-order chi connectivity index (χ1) is 13.2. The lowest BCUT2D eigenvalue weighted by Gasteiger charge is -2.40. The van der Waals surface area contributed by atoms with Crippen LogP contribution in [0.2, 0.25) is 0 Å². The van der Waals surface area contributed by atoms with Crippen molar-refractivity contribution in [3.8, 4) is 0 Å². The molecule has 0 saturated carbocycles. The van der Waals surface area contributed by atoms with Crippen LogP contribution >= 0.6 is 0 Å². The molecule has 3 N–H and O–H groups in total. The Morgan fingerprint density at radius 2 is 1.79 bits per heavy atom. The monoisotopic (exact) mass is 412 g/mol. The van der Waals surface area contributed by atoms with Crippen LogP contribution in [0.5, 0.6) is 0 Å². The minimum atomic E-state index is -4.67. The topological polar surface area (TPSA) is 116 Å². The quantitative estimate of drug-likeness (QED) is 0.513. The van der Waals surface area contributed by atoms with Gasteiger partial charge in [0.25, 0.3) is 0 Å². The van der Waals surface area contributed by atoms with Crippen LogP contribution in [0.3, 0.4) is 0 Å². The first-order valence-electron chi connectivity index (χ1n) is 9.32. The molecule has 156 valence electrons. The second kappa shape index (κ2) is 9.51. The van der Waals surface area contributed by atoms with Gasteiger partial charge in [0.15, 0.2) is 0 Å². The Balaban J connectivity index is 0.000000500. The van der Waals surface area contributed by atoms with Crippen molar-refractivity contribution in [2.24, 2.45) is 0 Å². The van der Waals surface area contributed by atoms with Crippen LogP contribution in [0.4, 0.5) is 0 Å². The molecule has 0 bridgehead atoms. The summed E-state index contributed by atoms with van der Waals surface area (Å²) in [6.45, 7) is 7.05. The molecular weight excluding hydrogens is 384 g/mol.